The summed E-state index contributed by atoms with van der Waals surface area (Å²) in [5.74, 6) is -4.55. The average molecular weight is 424 g/mol. The first-order chi connectivity index (χ1) is 14.9. The van der Waals surface area contributed by atoms with E-state index in [-0.39, 0.29) is 11.2 Å². The van der Waals surface area contributed by atoms with Crippen molar-refractivity contribution in [2.45, 2.75) is 5.92 Å². The van der Waals surface area contributed by atoms with Gasteiger partial charge in [-0.2, -0.15) is 13.9 Å². The maximum absolute atomic E-state index is 15.5. The minimum atomic E-state index is -3.54. The zero-order valence-electron chi connectivity index (χ0n) is 16.4. The minimum absolute atomic E-state index is 0.286. The van der Waals surface area contributed by atoms with Gasteiger partial charge in [-0.3, -0.25) is 14.1 Å². The van der Waals surface area contributed by atoms with Crippen molar-refractivity contribution in [3.8, 4) is 16.9 Å². The first kappa shape index (κ1) is 19.0. The monoisotopic (exact) mass is 424 g/mol. The number of methoxy groups -OCH3 is 1. The molecule has 5 rings (SSSR count). The van der Waals surface area contributed by atoms with Gasteiger partial charge in [-0.1, -0.05) is 6.07 Å². The number of benzene rings is 1. The van der Waals surface area contributed by atoms with Gasteiger partial charge in [0.25, 0.3) is 0 Å². The average Bonchev–Trinajstić information content (AvgIpc) is 3.39. The van der Waals surface area contributed by atoms with Gasteiger partial charge < -0.3 is 4.74 Å². The Morgan fingerprint density at radius 3 is 2.58 bits per heavy atom. The summed E-state index contributed by atoms with van der Waals surface area (Å²) in [5.41, 5.74) is 0.886. The summed E-state index contributed by atoms with van der Waals surface area (Å²) < 4.78 is 53.3. The van der Waals surface area contributed by atoms with Crippen LogP contribution in [0.2, 0.25) is 0 Å². The van der Waals surface area contributed by atoms with E-state index in [9.17, 15) is 4.39 Å². The molecule has 4 heterocycles. The smallest absolute Gasteiger partial charge is 0.332 e. The van der Waals surface area contributed by atoms with Crippen LogP contribution in [0.4, 0.5) is 13.2 Å². The Hall–Kier alpha value is -3.95. The lowest BCUT2D eigenvalue weighted by Crippen LogP contribution is -2.19. The molecule has 0 amide bonds. The fourth-order valence-corrected chi connectivity index (χ4v) is 3.44. The van der Waals surface area contributed by atoms with Crippen LogP contribution in [-0.2, 0) is 13.0 Å². The van der Waals surface area contributed by atoms with Crippen LogP contribution in [0, 0.1) is 5.82 Å². The van der Waals surface area contributed by atoms with E-state index in [1.807, 2.05) is 0 Å². The molecule has 0 saturated carbocycles. The van der Waals surface area contributed by atoms with Crippen molar-refractivity contribution in [1.82, 2.24) is 29.4 Å². The molecule has 0 aliphatic rings. The number of hydrogen-bond acceptors (Lipinski definition) is 5. The molecule has 0 bridgehead atoms. The van der Waals surface area contributed by atoms with Gasteiger partial charge in [-0.25, -0.2) is 4.39 Å². The van der Waals surface area contributed by atoms with E-state index in [1.165, 1.54) is 54.6 Å². The van der Waals surface area contributed by atoms with Crippen LogP contribution in [0.15, 0.2) is 55.1 Å². The second-order valence-corrected chi connectivity index (χ2v) is 7.05. The first-order valence-electron chi connectivity index (χ1n) is 9.22. The molecule has 0 atom stereocenters. The molecule has 0 radical (unpaired) electrons. The Bertz CT molecular complexity index is 1440. The Morgan fingerprint density at radius 2 is 1.84 bits per heavy atom. The van der Waals surface area contributed by atoms with E-state index in [1.54, 1.807) is 19.3 Å². The second-order valence-electron chi connectivity index (χ2n) is 7.05. The lowest BCUT2D eigenvalue weighted by molar-refractivity contribution is 0.0319. The molecular weight excluding hydrogens is 409 g/mol. The van der Waals surface area contributed by atoms with Gasteiger partial charge in [-0.15, -0.1) is 10.2 Å². The quantitative estimate of drug-likeness (QED) is 0.437. The number of nitrogens with zero attached hydrogens (tertiary/aromatic N) is 6. The number of halogens is 3. The molecule has 0 aliphatic heterocycles. The molecule has 0 unspecified atom stereocenters. The standard InChI is InChI=1S/C21H15F3N6O/c1-29-10-14(8-26-29)13-7-17(22)19-27-28-20(30(19)11-13)21(23,24)15-3-4-18-12(5-15)6-16(31-2)9-25-18/h3-11H,1-2H3. The minimum Gasteiger partial charge on any atom is -0.495 e. The third-order valence-corrected chi connectivity index (χ3v) is 5.03. The van der Waals surface area contributed by atoms with Crippen LogP contribution < -0.4 is 4.74 Å². The summed E-state index contributed by atoms with van der Waals surface area (Å²) >= 11 is 0. The lowest BCUT2D eigenvalue weighted by atomic mass is 10.0. The molecule has 0 spiro atoms. The summed E-state index contributed by atoms with van der Waals surface area (Å²) in [6.45, 7) is 0. The summed E-state index contributed by atoms with van der Waals surface area (Å²) in [6, 6.07) is 6.90. The zero-order chi connectivity index (χ0) is 21.8. The molecule has 0 aliphatic carbocycles. The number of aromatic nitrogens is 6. The zero-order valence-corrected chi connectivity index (χ0v) is 16.4. The maximum atomic E-state index is 15.5. The van der Waals surface area contributed by atoms with Gasteiger partial charge in [0.2, 0.25) is 5.82 Å². The molecule has 1 aromatic carbocycles. The Morgan fingerprint density at radius 1 is 1.00 bits per heavy atom. The molecule has 7 nitrogen and oxygen atoms in total. The van der Waals surface area contributed by atoms with E-state index in [0.717, 1.165) is 4.40 Å². The molecule has 5 aromatic rings. The molecule has 156 valence electrons. The number of fused-ring (bicyclic) bond motifs is 2. The summed E-state index contributed by atoms with van der Waals surface area (Å²) in [5, 5.41) is 11.8. The third kappa shape index (κ3) is 3.07. The predicted molar refractivity (Wildman–Crippen MR) is 106 cm³/mol. The van der Waals surface area contributed by atoms with Crippen LogP contribution in [0.3, 0.4) is 0 Å². The molecule has 0 N–H and O–H groups in total. The van der Waals surface area contributed by atoms with Crippen molar-refractivity contribution in [2.24, 2.45) is 7.05 Å². The van der Waals surface area contributed by atoms with Crippen LogP contribution >= 0.6 is 0 Å². The molecule has 0 saturated heterocycles. The number of ether oxygens (including phenoxy) is 1. The largest absolute Gasteiger partial charge is 0.495 e. The highest BCUT2D eigenvalue weighted by molar-refractivity contribution is 5.80. The Balaban J connectivity index is 1.67. The first-order valence-corrected chi connectivity index (χ1v) is 9.22. The number of aryl methyl sites for hydroxylation is 1. The predicted octanol–water partition coefficient (Wildman–Crippen LogP) is 3.97. The lowest BCUT2D eigenvalue weighted by Gasteiger charge is -2.16. The maximum Gasteiger partial charge on any atom is 0.332 e. The van der Waals surface area contributed by atoms with Crippen molar-refractivity contribution >= 4 is 16.6 Å². The SMILES string of the molecule is COc1cnc2ccc(C(F)(F)c3nnc4c(F)cc(-c5cnn(C)c5)cn34)cc2c1. The van der Waals surface area contributed by atoms with Crippen LogP contribution in [0.1, 0.15) is 11.4 Å². The van der Waals surface area contributed by atoms with Crippen molar-refractivity contribution in [1.29, 1.82) is 0 Å². The van der Waals surface area contributed by atoms with Gasteiger partial charge >= 0.3 is 5.92 Å². The van der Waals surface area contributed by atoms with Gasteiger partial charge in [0, 0.05) is 41.5 Å². The summed E-state index contributed by atoms with van der Waals surface area (Å²) in [6.07, 6.45) is 6.07. The van der Waals surface area contributed by atoms with Crippen molar-refractivity contribution in [2.75, 3.05) is 7.11 Å². The topological polar surface area (TPSA) is 70.1 Å². The van der Waals surface area contributed by atoms with Crippen molar-refractivity contribution < 1.29 is 17.9 Å². The Labute approximate surface area is 173 Å². The second kappa shape index (κ2) is 6.79. The van der Waals surface area contributed by atoms with Gasteiger partial charge in [-0.05, 0) is 24.3 Å². The molecule has 0 fully saturated rings. The number of pyridine rings is 2. The van der Waals surface area contributed by atoms with E-state index >= 15 is 8.78 Å². The van der Waals surface area contributed by atoms with E-state index in [0.29, 0.717) is 27.8 Å². The van der Waals surface area contributed by atoms with Crippen LogP contribution in [-0.4, -0.2) is 36.5 Å². The van der Waals surface area contributed by atoms with E-state index < -0.39 is 17.6 Å². The van der Waals surface area contributed by atoms with Crippen LogP contribution in [0.25, 0.3) is 27.7 Å². The highest BCUT2D eigenvalue weighted by Crippen LogP contribution is 2.37. The van der Waals surface area contributed by atoms with E-state index in [2.05, 4.69) is 20.3 Å². The normalized spacial score (nSPS) is 12.0. The molecule has 31 heavy (non-hydrogen) atoms. The Kier molecular flexibility index (Phi) is 4.17. The fraction of sp³-hybridized carbons (Fsp3) is 0.143. The number of alkyl halides is 2. The highest BCUT2D eigenvalue weighted by Gasteiger charge is 2.40. The highest BCUT2D eigenvalue weighted by atomic mass is 19.3. The fourth-order valence-electron chi connectivity index (χ4n) is 3.44. The van der Waals surface area contributed by atoms with Gasteiger partial charge in [0.05, 0.1) is 25.0 Å². The number of rotatable bonds is 4. The van der Waals surface area contributed by atoms with Crippen LogP contribution in [0.5, 0.6) is 5.75 Å². The molecule has 4 aromatic heterocycles. The van der Waals surface area contributed by atoms with Crippen molar-refractivity contribution in [3.63, 3.8) is 0 Å². The third-order valence-electron chi connectivity index (χ3n) is 5.03. The van der Waals surface area contributed by atoms with E-state index in [4.69, 9.17) is 4.74 Å². The number of hydrogen-bond donors (Lipinski definition) is 0. The summed E-state index contributed by atoms with van der Waals surface area (Å²) in [7, 11) is 3.18. The van der Waals surface area contributed by atoms with Gasteiger partial charge in [0.1, 0.15) is 5.75 Å². The van der Waals surface area contributed by atoms with Gasteiger partial charge in [0.15, 0.2) is 11.5 Å². The molecular formula is C21H15F3N6O. The molecule has 10 heteroatoms. The summed E-state index contributed by atoms with van der Waals surface area (Å²) in [4.78, 5) is 4.19. The van der Waals surface area contributed by atoms with Crippen molar-refractivity contribution in [3.05, 3.63) is 72.3 Å².